The van der Waals surface area contributed by atoms with Crippen molar-refractivity contribution in [3.8, 4) is 11.5 Å². The van der Waals surface area contributed by atoms with Crippen LogP contribution < -0.4 is 0 Å². The van der Waals surface area contributed by atoms with Crippen LogP contribution in [0.3, 0.4) is 0 Å². The summed E-state index contributed by atoms with van der Waals surface area (Å²) in [7, 11) is 0. The standard InChI is InChI=1S/C32H34O16/c33-19-7-1-17(2-8-19)5-11-25(36)45-22-14-32(44,30(41)42)15-23(27(22)38)47-48-28-21(35)13-31(43,29(39)40)16-24(28)46-26(37)12-6-18-3-9-20(34)10-4-18/h1-12,21-24,27-28,33-35,38,43-44H,13-16H2,(H,39,40)(H,41,42)/b11-5+,12-6+/t21-,22-,23-,24-,27+,28-,31+,32-/m1/s1. The van der Waals surface area contributed by atoms with Gasteiger partial charge in [-0.05, 0) is 47.5 Å². The molecule has 0 unspecified atom stereocenters. The third kappa shape index (κ3) is 8.94. The second-order valence-electron chi connectivity index (χ2n) is 11.5. The van der Waals surface area contributed by atoms with E-state index in [-0.39, 0.29) is 11.5 Å². The Balaban J connectivity index is 1.48. The zero-order valence-electron chi connectivity index (χ0n) is 25.1. The van der Waals surface area contributed by atoms with E-state index >= 15 is 0 Å². The molecular formula is C32H34O16. The zero-order chi connectivity index (χ0) is 35.2. The number of hydrogen-bond donors (Lipinski definition) is 8. The quantitative estimate of drug-likeness (QED) is 0.0688. The zero-order valence-corrected chi connectivity index (χ0v) is 25.1. The van der Waals surface area contributed by atoms with Gasteiger partial charge >= 0.3 is 23.9 Å². The van der Waals surface area contributed by atoms with E-state index in [9.17, 15) is 60.0 Å². The number of hydrogen-bond acceptors (Lipinski definition) is 14. The molecule has 16 nitrogen and oxygen atoms in total. The van der Waals surface area contributed by atoms with Gasteiger partial charge in [0.2, 0.25) is 0 Å². The minimum absolute atomic E-state index is 0.00785. The molecule has 2 aliphatic rings. The normalized spacial score (nSPS) is 30.6. The number of carbonyl (C=O) groups is 4. The number of carboxylic acid groups (broad SMARTS) is 2. The van der Waals surface area contributed by atoms with Gasteiger partial charge in [0, 0.05) is 37.8 Å². The van der Waals surface area contributed by atoms with Crippen LogP contribution in [0.1, 0.15) is 36.8 Å². The van der Waals surface area contributed by atoms with E-state index < -0.39 is 97.4 Å². The molecular weight excluding hydrogens is 640 g/mol. The second kappa shape index (κ2) is 14.9. The summed E-state index contributed by atoms with van der Waals surface area (Å²) in [6, 6.07) is 11.4. The third-order valence-corrected chi connectivity index (χ3v) is 7.90. The molecule has 2 fully saturated rings. The Labute approximate surface area is 272 Å². The van der Waals surface area contributed by atoms with E-state index in [2.05, 4.69) is 0 Å². The molecule has 0 aliphatic heterocycles. The highest BCUT2D eigenvalue weighted by molar-refractivity contribution is 5.88. The summed E-state index contributed by atoms with van der Waals surface area (Å²) in [5.74, 6) is -5.56. The molecule has 16 heteroatoms. The fourth-order valence-corrected chi connectivity index (χ4v) is 5.27. The van der Waals surface area contributed by atoms with Gasteiger partial charge in [-0.25, -0.2) is 29.0 Å². The van der Waals surface area contributed by atoms with Crippen LogP contribution in [-0.4, -0.2) is 113 Å². The van der Waals surface area contributed by atoms with Crippen molar-refractivity contribution in [1.29, 1.82) is 0 Å². The summed E-state index contributed by atoms with van der Waals surface area (Å²) in [6.07, 6.45) is -8.87. The molecule has 2 aromatic carbocycles. The van der Waals surface area contributed by atoms with Gasteiger partial charge in [-0.2, -0.15) is 0 Å². The number of rotatable bonds is 11. The molecule has 0 amide bonds. The molecule has 8 atom stereocenters. The predicted molar refractivity (Wildman–Crippen MR) is 159 cm³/mol. The molecule has 2 saturated carbocycles. The number of phenols is 2. The maximum Gasteiger partial charge on any atom is 0.335 e. The number of carboxylic acids is 2. The Hall–Kier alpha value is -4.84. The molecule has 0 spiro atoms. The van der Waals surface area contributed by atoms with Crippen molar-refractivity contribution in [3.05, 3.63) is 71.8 Å². The molecule has 4 rings (SSSR count). The van der Waals surface area contributed by atoms with Crippen LogP contribution in [-0.2, 0) is 38.4 Å². The molecule has 0 saturated heterocycles. The number of aromatic hydroxyl groups is 2. The summed E-state index contributed by atoms with van der Waals surface area (Å²) < 4.78 is 10.5. The SMILES string of the molecule is O=C(/C=C/c1ccc(O)cc1)O[C@@H]1C[C@](O)(C(=O)O)C[C@@H](OO[C@@H]2[C@H](O)C[C@@](O)(C(=O)O)C[C@H]2OC(=O)/C=C/c2ccc(O)cc2)[C@H]1O. The molecule has 0 radical (unpaired) electrons. The van der Waals surface area contributed by atoms with Crippen LogP contribution in [0.4, 0.5) is 0 Å². The first kappa shape index (κ1) is 36.0. The first-order valence-electron chi connectivity index (χ1n) is 14.5. The Morgan fingerprint density at radius 3 is 1.52 bits per heavy atom. The predicted octanol–water partition coefficient (Wildman–Crippen LogP) is 0.274. The second-order valence-corrected chi connectivity index (χ2v) is 11.5. The highest BCUT2D eigenvalue weighted by atomic mass is 17.2. The van der Waals surface area contributed by atoms with Crippen LogP contribution in [0, 0.1) is 0 Å². The molecule has 258 valence electrons. The van der Waals surface area contributed by atoms with E-state index in [1.54, 1.807) is 0 Å². The number of phenolic OH excluding ortho intramolecular Hbond substituents is 2. The fourth-order valence-electron chi connectivity index (χ4n) is 5.27. The average molecular weight is 675 g/mol. The van der Waals surface area contributed by atoms with E-state index in [0.29, 0.717) is 11.1 Å². The number of aliphatic carboxylic acids is 2. The number of carbonyl (C=O) groups excluding carboxylic acids is 2. The average Bonchev–Trinajstić information content (AvgIpc) is 3.02. The maximum absolute atomic E-state index is 12.6. The van der Waals surface area contributed by atoms with Gasteiger partial charge in [0.15, 0.2) is 17.3 Å². The van der Waals surface area contributed by atoms with Gasteiger partial charge in [0.05, 0.1) is 6.10 Å². The largest absolute Gasteiger partial charge is 0.508 e. The summed E-state index contributed by atoms with van der Waals surface area (Å²) in [4.78, 5) is 59.4. The smallest absolute Gasteiger partial charge is 0.335 e. The monoisotopic (exact) mass is 674 g/mol. The van der Waals surface area contributed by atoms with Crippen molar-refractivity contribution >= 4 is 36.0 Å². The molecule has 0 bridgehead atoms. The lowest BCUT2D eigenvalue weighted by Crippen LogP contribution is -2.60. The lowest BCUT2D eigenvalue weighted by Gasteiger charge is -2.43. The Morgan fingerprint density at radius 1 is 0.625 bits per heavy atom. The molecule has 2 aliphatic carbocycles. The van der Waals surface area contributed by atoms with Crippen molar-refractivity contribution < 1.29 is 79.3 Å². The topological polar surface area (TPSA) is 267 Å². The summed E-state index contributed by atoms with van der Waals surface area (Å²) in [6.45, 7) is 0. The van der Waals surface area contributed by atoms with Gasteiger partial charge in [0.1, 0.15) is 35.9 Å². The number of aliphatic hydroxyl groups excluding tert-OH is 2. The van der Waals surface area contributed by atoms with Gasteiger partial charge in [-0.1, -0.05) is 24.3 Å². The van der Waals surface area contributed by atoms with Gasteiger partial charge in [0.25, 0.3) is 0 Å². The Bertz CT molecular complexity index is 1540. The number of ether oxygens (including phenoxy) is 2. The van der Waals surface area contributed by atoms with Crippen molar-refractivity contribution in [2.75, 3.05) is 0 Å². The summed E-state index contributed by atoms with van der Waals surface area (Å²) >= 11 is 0. The minimum atomic E-state index is -2.58. The van der Waals surface area contributed by atoms with Crippen LogP contribution in [0.5, 0.6) is 11.5 Å². The van der Waals surface area contributed by atoms with Gasteiger partial charge < -0.3 is 50.3 Å². The number of benzene rings is 2. The van der Waals surface area contributed by atoms with E-state index in [1.807, 2.05) is 0 Å². The van der Waals surface area contributed by atoms with Gasteiger partial charge in [-0.15, -0.1) is 0 Å². The summed E-state index contributed by atoms with van der Waals surface area (Å²) in [5, 5.41) is 81.1. The van der Waals surface area contributed by atoms with Crippen molar-refractivity contribution in [1.82, 2.24) is 0 Å². The minimum Gasteiger partial charge on any atom is -0.508 e. The first-order valence-corrected chi connectivity index (χ1v) is 14.5. The lowest BCUT2D eigenvalue weighted by molar-refractivity contribution is -0.401. The van der Waals surface area contributed by atoms with Crippen LogP contribution in [0.25, 0.3) is 12.2 Å². The maximum atomic E-state index is 12.6. The summed E-state index contributed by atoms with van der Waals surface area (Å²) in [5.41, 5.74) is -4.16. The lowest BCUT2D eigenvalue weighted by atomic mass is 9.79. The van der Waals surface area contributed by atoms with Crippen LogP contribution in [0.15, 0.2) is 60.7 Å². The van der Waals surface area contributed by atoms with E-state index in [0.717, 1.165) is 12.2 Å². The van der Waals surface area contributed by atoms with Crippen molar-refractivity contribution in [2.45, 2.75) is 73.5 Å². The van der Waals surface area contributed by atoms with Crippen molar-refractivity contribution in [3.63, 3.8) is 0 Å². The number of esters is 2. The molecule has 48 heavy (non-hydrogen) atoms. The molecule has 0 aromatic heterocycles. The Kier molecular flexibility index (Phi) is 11.2. The Morgan fingerprint density at radius 2 is 1.04 bits per heavy atom. The first-order chi connectivity index (χ1) is 22.6. The fraction of sp³-hybridized carbons (Fsp3) is 0.375. The van der Waals surface area contributed by atoms with Crippen molar-refractivity contribution in [2.24, 2.45) is 0 Å². The van der Waals surface area contributed by atoms with Gasteiger partial charge in [-0.3, -0.25) is 0 Å². The number of aliphatic hydroxyl groups is 4. The molecule has 8 N–H and O–H groups in total. The molecule has 0 heterocycles. The molecule has 2 aromatic rings. The highest BCUT2D eigenvalue weighted by Crippen LogP contribution is 2.36. The van der Waals surface area contributed by atoms with E-state index in [1.165, 1.54) is 60.7 Å². The van der Waals surface area contributed by atoms with Crippen LogP contribution in [0.2, 0.25) is 0 Å². The third-order valence-electron chi connectivity index (χ3n) is 7.90. The highest BCUT2D eigenvalue weighted by Gasteiger charge is 2.55. The van der Waals surface area contributed by atoms with E-state index in [4.69, 9.17) is 19.2 Å². The van der Waals surface area contributed by atoms with Crippen LogP contribution >= 0.6 is 0 Å².